The maximum absolute atomic E-state index is 12.5. The van der Waals surface area contributed by atoms with Crippen molar-refractivity contribution in [3.8, 4) is 5.75 Å². The second-order valence-electron chi connectivity index (χ2n) is 8.11. The Labute approximate surface area is 204 Å². The van der Waals surface area contributed by atoms with Crippen LogP contribution < -0.4 is 10.2 Å². The molecule has 1 aromatic heterocycles. The lowest BCUT2D eigenvalue weighted by Gasteiger charge is -2.07. The molecule has 178 valence electrons. The Morgan fingerprint density at radius 2 is 1.71 bits per heavy atom. The number of fused-ring (bicyclic) bond motifs is 1. The monoisotopic (exact) mass is 468 g/mol. The maximum Gasteiger partial charge on any atom is 0.374 e. The van der Waals surface area contributed by atoms with E-state index in [-0.39, 0.29) is 17.8 Å². The summed E-state index contributed by atoms with van der Waals surface area (Å²) in [6.07, 6.45) is 6.93. The lowest BCUT2D eigenvalue weighted by Crippen LogP contribution is -2.10. The van der Waals surface area contributed by atoms with Crippen molar-refractivity contribution in [3.05, 3.63) is 112 Å². The highest BCUT2D eigenvalue weighted by Crippen LogP contribution is 2.21. The quantitative estimate of drug-likeness (QED) is 0.150. The molecule has 1 heterocycles. The van der Waals surface area contributed by atoms with E-state index in [4.69, 9.17) is 13.9 Å². The van der Waals surface area contributed by atoms with Crippen LogP contribution >= 0.6 is 0 Å². The summed E-state index contributed by atoms with van der Waals surface area (Å²) in [5.41, 5.74) is 3.10. The first kappa shape index (κ1) is 24.0. The van der Waals surface area contributed by atoms with Crippen LogP contribution in [-0.4, -0.2) is 19.2 Å². The van der Waals surface area contributed by atoms with Crippen LogP contribution in [0.1, 0.15) is 47.0 Å². The maximum atomic E-state index is 12.5. The lowest BCUT2D eigenvalue weighted by molar-refractivity contribution is 0.0490. The van der Waals surface area contributed by atoms with Gasteiger partial charge in [-0.25, -0.2) is 4.79 Å². The molecule has 0 saturated heterocycles. The standard InChI is InChI=1S/C30H28O5/c1-2-33-30(32)28-21-27(31)26-13-8-12-24(29(26)35-28)17-14-23-15-18-25(19-16-23)34-20-7-6-11-22-9-4-3-5-10-22/h3-5,8-10,12-19,21H,2,6-7,11,20H2,1H3/b17-14+. The first-order valence-corrected chi connectivity index (χ1v) is 11.8. The van der Waals surface area contributed by atoms with Crippen LogP contribution in [0.2, 0.25) is 0 Å². The minimum Gasteiger partial charge on any atom is -0.494 e. The van der Waals surface area contributed by atoms with Gasteiger partial charge in [-0.05, 0) is 55.5 Å². The highest BCUT2D eigenvalue weighted by Gasteiger charge is 2.14. The molecule has 35 heavy (non-hydrogen) atoms. The number of unbranched alkanes of at least 4 members (excludes halogenated alkanes) is 1. The SMILES string of the molecule is CCOC(=O)c1cc(=O)c2cccc(/C=C/c3ccc(OCCCCc4ccccc4)cc3)c2o1. The van der Waals surface area contributed by atoms with Crippen LogP contribution in [0.5, 0.6) is 5.75 Å². The van der Waals surface area contributed by atoms with E-state index in [0.29, 0.717) is 23.1 Å². The zero-order valence-electron chi connectivity index (χ0n) is 19.7. The number of aryl methyl sites for hydroxylation is 1. The highest BCUT2D eigenvalue weighted by atomic mass is 16.5. The van der Waals surface area contributed by atoms with E-state index in [1.807, 2.05) is 48.6 Å². The number of carbonyl (C=O) groups is 1. The summed E-state index contributed by atoms with van der Waals surface area (Å²) in [6, 6.07) is 24.8. The van der Waals surface area contributed by atoms with Gasteiger partial charge in [0.15, 0.2) is 5.43 Å². The molecule has 5 heteroatoms. The fourth-order valence-electron chi connectivity index (χ4n) is 3.76. The van der Waals surface area contributed by atoms with Gasteiger partial charge in [0.1, 0.15) is 11.3 Å². The van der Waals surface area contributed by atoms with Gasteiger partial charge in [-0.15, -0.1) is 0 Å². The number of carbonyl (C=O) groups excluding carboxylic acids is 1. The van der Waals surface area contributed by atoms with Crippen molar-refractivity contribution in [2.75, 3.05) is 13.2 Å². The molecule has 0 aliphatic rings. The number of ether oxygens (including phenoxy) is 2. The van der Waals surface area contributed by atoms with E-state index >= 15 is 0 Å². The normalized spacial score (nSPS) is 11.1. The second kappa shape index (κ2) is 11.8. The molecule has 3 aromatic carbocycles. The van der Waals surface area contributed by atoms with Gasteiger partial charge in [0.2, 0.25) is 5.76 Å². The van der Waals surface area contributed by atoms with Gasteiger partial charge in [0, 0.05) is 11.6 Å². The van der Waals surface area contributed by atoms with Crippen molar-refractivity contribution in [2.24, 2.45) is 0 Å². The van der Waals surface area contributed by atoms with Crippen molar-refractivity contribution in [1.29, 1.82) is 0 Å². The summed E-state index contributed by atoms with van der Waals surface area (Å²) in [7, 11) is 0. The van der Waals surface area contributed by atoms with Crippen molar-refractivity contribution in [3.63, 3.8) is 0 Å². The Bertz CT molecular complexity index is 1350. The van der Waals surface area contributed by atoms with Crippen LogP contribution in [0, 0.1) is 0 Å². The van der Waals surface area contributed by atoms with Crippen LogP contribution in [0.4, 0.5) is 0 Å². The minimum atomic E-state index is -0.652. The first-order valence-electron chi connectivity index (χ1n) is 11.8. The number of esters is 1. The third kappa shape index (κ3) is 6.48. The number of hydrogen-bond acceptors (Lipinski definition) is 5. The van der Waals surface area contributed by atoms with Crippen molar-refractivity contribution >= 4 is 29.1 Å². The van der Waals surface area contributed by atoms with E-state index < -0.39 is 5.97 Å². The average molecular weight is 469 g/mol. The van der Waals surface area contributed by atoms with E-state index in [9.17, 15) is 9.59 Å². The Hall–Kier alpha value is -4.12. The van der Waals surface area contributed by atoms with Crippen LogP contribution in [0.15, 0.2) is 88.1 Å². The zero-order chi connectivity index (χ0) is 24.5. The second-order valence-corrected chi connectivity index (χ2v) is 8.11. The van der Waals surface area contributed by atoms with E-state index in [2.05, 4.69) is 24.3 Å². The first-order chi connectivity index (χ1) is 17.1. The number of para-hydroxylation sites is 1. The van der Waals surface area contributed by atoms with E-state index in [1.54, 1.807) is 19.1 Å². The van der Waals surface area contributed by atoms with Crippen molar-refractivity contribution < 1.29 is 18.7 Å². The van der Waals surface area contributed by atoms with Gasteiger partial charge in [-0.2, -0.15) is 0 Å². The Balaban J connectivity index is 1.38. The molecular weight excluding hydrogens is 440 g/mol. The fraction of sp³-hybridized carbons (Fsp3) is 0.200. The minimum absolute atomic E-state index is 0.101. The smallest absolute Gasteiger partial charge is 0.374 e. The highest BCUT2D eigenvalue weighted by molar-refractivity contribution is 5.92. The molecule has 0 N–H and O–H groups in total. The summed E-state index contributed by atoms with van der Waals surface area (Å²) in [6.45, 7) is 2.59. The van der Waals surface area contributed by atoms with E-state index in [0.717, 1.165) is 30.6 Å². The lowest BCUT2D eigenvalue weighted by atomic mass is 10.1. The molecule has 5 nitrogen and oxygen atoms in total. The Morgan fingerprint density at radius 3 is 2.49 bits per heavy atom. The molecule has 0 bridgehead atoms. The summed E-state index contributed by atoms with van der Waals surface area (Å²) < 4.78 is 16.6. The van der Waals surface area contributed by atoms with Gasteiger partial charge in [0.25, 0.3) is 0 Å². The molecule has 0 amide bonds. The molecule has 0 unspecified atom stereocenters. The topological polar surface area (TPSA) is 65.7 Å². The summed E-state index contributed by atoms with van der Waals surface area (Å²) in [4.78, 5) is 24.5. The van der Waals surface area contributed by atoms with Crippen molar-refractivity contribution in [1.82, 2.24) is 0 Å². The average Bonchev–Trinajstić information content (AvgIpc) is 2.89. The molecule has 0 radical (unpaired) electrons. The largest absolute Gasteiger partial charge is 0.494 e. The molecule has 4 rings (SSSR count). The van der Waals surface area contributed by atoms with Crippen LogP contribution in [-0.2, 0) is 11.2 Å². The van der Waals surface area contributed by atoms with E-state index in [1.165, 1.54) is 11.6 Å². The van der Waals surface area contributed by atoms with Gasteiger partial charge < -0.3 is 13.9 Å². The zero-order valence-corrected chi connectivity index (χ0v) is 19.7. The number of benzene rings is 3. The molecule has 0 fully saturated rings. The van der Waals surface area contributed by atoms with Gasteiger partial charge >= 0.3 is 5.97 Å². The molecular formula is C30H28O5. The van der Waals surface area contributed by atoms with Gasteiger partial charge in [-0.3, -0.25) is 4.79 Å². The summed E-state index contributed by atoms with van der Waals surface area (Å²) in [5, 5.41) is 0.413. The molecule has 0 aliphatic heterocycles. The predicted octanol–water partition coefficient (Wildman–Crippen LogP) is 6.54. The summed E-state index contributed by atoms with van der Waals surface area (Å²) in [5.74, 6) is 0.0773. The number of rotatable bonds is 10. The predicted molar refractivity (Wildman–Crippen MR) is 139 cm³/mol. The third-order valence-electron chi connectivity index (χ3n) is 5.57. The van der Waals surface area contributed by atoms with Gasteiger partial charge in [0.05, 0.1) is 18.6 Å². The molecule has 4 aromatic rings. The third-order valence-corrected chi connectivity index (χ3v) is 5.57. The Morgan fingerprint density at radius 1 is 0.914 bits per heavy atom. The van der Waals surface area contributed by atoms with Gasteiger partial charge in [-0.1, -0.05) is 66.7 Å². The molecule has 0 saturated carbocycles. The van der Waals surface area contributed by atoms with Crippen molar-refractivity contribution in [2.45, 2.75) is 26.2 Å². The molecule has 0 spiro atoms. The number of hydrogen-bond donors (Lipinski definition) is 0. The molecule has 0 atom stereocenters. The summed E-state index contributed by atoms with van der Waals surface area (Å²) >= 11 is 0. The Kier molecular flexibility index (Phi) is 8.12. The fourth-order valence-corrected chi connectivity index (χ4v) is 3.76. The van der Waals surface area contributed by atoms with Crippen LogP contribution in [0.25, 0.3) is 23.1 Å². The molecule has 0 aliphatic carbocycles. The van der Waals surface area contributed by atoms with Crippen LogP contribution in [0.3, 0.4) is 0 Å².